The fraction of sp³-hybridized carbons (Fsp3) is 0.400. The monoisotopic (exact) mass is 279 g/mol. The summed E-state index contributed by atoms with van der Waals surface area (Å²) in [6, 6.07) is 5.51. The van der Waals surface area contributed by atoms with Crippen LogP contribution in [-0.2, 0) is 9.53 Å². The lowest BCUT2D eigenvalue weighted by molar-refractivity contribution is -0.138. The van der Waals surface area contributed by atoms with Crippen LogP contribution in [0.4, 0.5) is 5.69 Å². The van der Waals surface area contributed by atoms with Crippen LogP contribution in [-0.4, -0.2) is 12.6 Å². The second kappa shape index (κ2) is 5.66. The molecule has 1 aromatic rings. The lowest BCUT2D eigenvalue weighted by atomic mass is 9.96. The zero-order valence-corrected chi connectivity index (χ0v) is 12.0. The van der Waals surface area contributed by atoms with Gasteiger partial charge in [0, 0.05) is 5.57 Å². The van der Waals surface area contributed by atoms with E-state index >= 15 is 0 Å². The Hall–Kier alpha value is -1.48. The number of nitrogen functional groups attached to an aromatic ring is 1. The van der Waals surface area contributed by atoms with Crippen molar-refractivity contribution >= 4 is 28.8 Å². The van der Waals surface area contributed by atoms with Crippen molar-refractivity contribution in [1.82, 2.24) is 0 Å². The molecule has 0 radical (unpaired) electrons. The average Bonchev–Trinajstić information content (AvgIpc) is 3.18. The van der Waals surface area contributed by atoms with E-state index in [1.807, 2.05) is 26.0 Å². The summed E-state index contributed by atoms with van der Waals surface area (Å²) in [5, 5.41) is 0.535. The van der Waals surface area contributed by atoms with Crippen molar-refractivity contribution in [2.75, 3.05) is 12.3 Å². The molecule has 0 atom stereocenters. The van der Waals surface area contributed by atoms with Crippen LogP contribution in [0, 0.1) is 5.92 Å². The van der Waals surface area contributed by atoms with Crippen LogP contribution < -0.4 is 5.73 Å². The van der Waals surface area contributed by atoms with E-state index in [0.717, 1.165) is 24.0 Å². The molecule has 0 unspecified atom stereocenters. The van der Waals surface area contributed by atoms with Gasteiger partial charge in [-0.25, -0.2) is 4.79 Å². The molecular weight excluding hydrogens is 262 g/mol. The number of rotatable bonds is 4. The van der Waals surface area contributed by atoms with Gasteiger partial charge in [0.15, 0.2) is 0 Å². The van der Waals surface area contributed by atoms with Crippen LogP contribution in [0.1, 0.15) is 32.3 Å². The molecule has 0 saturated heterocycles. The predicted molar refractivity (Wildman–Crippen MR) is 77.8 cm³/mol. The number of nitrogens with two attached hydrogens (primary N) is 1. The van der Waals surface area contributed by atoms with Gasteiger partial charge >= 0.3 is 5.97 Å². The van der Waals surface area contributed by atoms with Crippen LogP contribution in [0.2, 0.25) is 5.02 Å². The lowest BCUT2D eigenvalue weighted by Crippen LogP contribution is -2.08. The zero-order chi connectivity index (χ0) is 14.0. The fourth-order valence-electron chi connectivity index (χ4n) is 2.19. The Kier molecular flexibility index (Phi) is 4.15. The summed E-state index contributed by atoms with van der Waals surface area (Å²) in [4.78, 5) is 11.9. The second-order valence-electron chi connectivity index (χ2n) is 4.77. The van der Waals surface area contributed by atoms with Crippen molar-refractivity contribution in [1.29, 1.82) is 0 Å². The van der Waals surface area contributed by atoms with E-state index in [4.69, 9.17) is 22.1 Å². The van der Waals surface area contributed by atoms with Crippen molar-refractivity contribution in [3.05, 3.63) is 34.4 Å². The Morgan fingerprint density at radius 3 is 2.68 bits per heavy atom. The molecule has 1 saturated carbocycles. The molecule has 1 aliphatic carbocycles. The quantitative estimate of drug-likeness (QED) is 0.520. The summed E-state index contributed by atoms with van der Waals surface area (Å²) < 4.78 is 5.08. The largest absolute Gasteiger partial charge is 0.463 e. The van der Waals surface area contributed by atoms with Gasteiger partial charge in [0.1, 0.15) is 0 Å². The molecular formula is C15H18ClNO2. The third-order valence-electron chi connectivity index (χ3n) is 3.28. The van der Waals surface area contributed by atoms with Gasteiger partial charge in [-0.3, -0.25) is 0 Å². The average molecular weight is 280 g/mol. The van der Waals surface area contributed by atoms with E-state index in [1.165, 1.54) is 0 Å². The minimum absolute atomic E-state index is 0.252. The van der Waals surface area contributed by atoms with E-state index in [1.54, 1.807) is 6.07 Å². The van der Waals surface area contributed by atoms with Crippen LogP contribution in [0.5, 0.6) is 0 Å². The van der Waals surface area contributed by atoms with Gasteiger partial charge in [0.2, 0.25) is 0 Å². The van der Waals surface area contributed by atoms with Crippen molar-refractivity contribution in [2.45, 2.75) is 26.7 Å². The molecule has 19 heavy (non-hydrogen) atoms. The first-order valence-corrected chi connectivity index (χ1v) is 6.85. The minimum Gasteiger partial charge on any atom is -0.463 e. The third kappa shape index (κ3) is 3.10. The molecule has 0 amide bonds. The zero-order valence-electron chi connectivity index (χ0n) is 11.2. The van der Waals surface area contributed by atoms with Crippen molar-refractivity contribution in [3.63, 3.8) is 0 Å². The molecule has 0 bridgehead atoms. The highest BCUT2D eigenvalue weighted by Gasteiger charge is 2.30. The number of carbonyl (C=O) groups is 1. The smallest absolute Gasteiger partial charge is 0.334 e. The summed E-state index contributed by atoms with van der Waals surface area (Å²) in [6.07, 6.45) is 2.21. The molecule has 0 spiro atoms. The third-order valence-corrected chi connectivity index (χ3v) is 3.62. The molecule has 1 aliphatic rings. The number of benzene rings is 1. The number of allylic oxidation sites excluding steroid dienone is 1. The molecule has 0 heterocycles. The van der Waals surface area contributed by atoms with E-state index in [9.17, 15) is 4.79 Å². The van der Waals surface area contributed by atoms with Crippen molar-refractivity contribution in [3.8, 4) is 0 Å². The molecule has 2 rings (SSSR count). The van der Waals surface area contributed by atoms with Crippen molar-refractivity contribution < 1.29 is 9.53 Å². The Morgan fingerprint density at radius 2 is 2.16 bits per heavy atom. The van der Waals surface area contributed by atoms with Gasteiger partial charge in [-0.1, -0.05) is 17.7 Å². The molecule has 3 nitrogen and oxygen atoms in total. The van der Waals surface area contributed by atoms with Gasteiger partial charge in [-0.15, -0.1) is 0 Å². The number of hydrogen-bond acceptors (Lipinski definition) is 3. The first-order valence-electron chi connectivity index (χ1n) is 6.47. The second-order valence-corrected chi connectivity index (χ2v) is 5.18. The van der Waals surface area contributed by atoms with E-state index in [2.05, 4.69) is 0 Å². The molecule has 4 heteroatoms. The molecule has 1 fully saturated rings. The number of esters is 1. The summed E-state index contributed by atoms with van der Waals surface area (Å²) in [5.74, 6) is 0.183. The maximum absolute atomic E-state index is 11.9. The van der Waals surface area contributed by atoms with E-state index < -0.39 is 0 Å². The van der Waals surface area contributed by atoms with Crippen LogP contribution >= 0.6 is 11.6 Å². The highest BCUT2D eigenvalue weighted by atomic mass is 35.5. The van der Waals surface area contributed by atoms with E-state index in [0.29, 0.717) is 28.8 Å². The van der Waals surface area contributed by atoms with Gasteiger partial charge in [0.25, 0.3) is 0 Å². The maximum atomic E-state index is 11.9. The molecule has 2 N–H and O–H groups in total. The van der Waals surface area contributed by atoms with Gasteiger partial charge in [-0.2, -0.15) is 0 Å². The summed E-state index contributed by atoms with van der Waals surface area (Å²) in [5.41, 5.74) is 9.06. The molecule has 0 aromatic heterocycles. The molecule has 0 aliphatic heterocycles. The number of halogens is 1. The topological polar surface area (TPSA) is 52.3 Å². The number of carbonyl (C=O) groups excluding carboxylic acids is 1. The first kappa shape index (κ1) is 13.9. The molecule has 1 aromatic carbocycles. The van der Waals surface area contributed by atoms with Gasteiger partial charge in [0.05, 0.1) is 17.3 Å². The van der Waals surface area contributed by atoms with E-state index in [-0.39, 0.29) is 5.97 Å². The predicted octanol–water partition coefficient (Wildman–Crippen LogP) is 3.67. The highest BCUT2D eigenvalue weighted by molar-refractivity contribution is 6.33. The normalized spacial score (nSPS) is 15.9. The van der Waals surface area contributed by atoms with Crippen LogP contribution in [0.15, 0.2) is 23.8 Å². The maximum Gasteiger partial charge on any atom is 0.334 e. The molecule has 102 valence electrons. The Labute approximate surface area is 118 Å². The van der Waals surface area contributed by atoms with Crippen molar-refractivity contribution in [2.24, 2.45) is 5.92 Å². The van der Waals surface area contributed by atoms with Crippen LogP contribution in [0.3, 0.4) is 0 Å². The van der Waals surface area contributed by atoms with Gasteiger partial charge in [-0.05, 0) is 55.9 Å². The van der Waals surface area contributed by atoms with Crippen LogP contribution in [0.25, 0.3) is 5.57 Å². The summed E-state index contributed by atoms with van der Waals surface area (Å²) in [6.45, 7) is 4.01. The Balaban J connectivity index is 2.42. The fourth-order valence-corrected chi connectivity index (χ4v) is 2.31. The first-order chi connectivity index (χ1) is 9.04. The Bertz CT molecular complexity index is 533. The standard InChI is InChI=1S/C15H18ClNO2/c1-3-19-15(18)9(2)14(10-4-5-10)11-6-7-12(16)13(17)8-11/h6-8,10H,3-5,17H2,1-2H3/b14-9+. The van der Waals surface area contributed by atoms with Gasteiger partial charge < -0.3 is 10.5 Å². The Morgan fingerprint density at radius 1 is 1.47 bits per heavy atom. The lowest BCUT2D eigenvalue weighted by Gasteiger charge is -2.12. The number of anilines is 1. The highest BCUT2D eigenvalue weighted by Crippen LogP contribution is 2.44. The summed E-state index contributed by atoms with van der Waals surface area (Å²) in [7, 11) is 0. The summed E-state index contributed by atoms with van der Waals surface area (Å²) >= 11 is 5.94. The minimum atomic E-state index is -0.252. The number of hydrogen-bond donors (Lipinski definition) is 1. The number of ether oxygens (including phenoxy) is 1. The SMILES string of the molecule is CCOC(=O)/C(C)=C(/c1ccc(Cl)c(N)c1)C1CC1.